The Bertz CT molecular complexity index is 450. The van der Waals surface area contributed by atoms with Gasteiger partial charge in [-0.05, 0) is 72.5 Å². The molecule has 1 nitrogen and oxygen atoms in total. The minimum absolute atomic E-state index is 0.577. The number of hydrogen-bond donors (Lipinski definition) is 1. The van der Waals surface area contributed by atoms with Crippen molar-refractivity contribution >= 4 is 27.3 Å². The Morgan fingerprint density at radius 2 is 2.00 bits per heavy atom. The number of aryl methyl sites for hydroxylation is 1. The third kappa shape index (κ3) is 3.56. The zero-order valence-electron chi connectivity index (χ0n) is 13.3. The molecule has 1 aromatic rings. The highest BCUT2D eigenvalue weighted by atomic mass is 79.9. The van der Waals surface area contributed by atoms with Crippen molar-refractivity contribution in [2.75, 3.05) is 6.54 Å². The summed E-state index contributed by atoms with van der Waals surface area (Å²) in [5, 5.41) is 3.79. The maximum absolute atomic E-state index is 3.79. The number of hydrogen-bond acceptors (Lipinski definition) is 2. The van der Waals surface area contributed by atoms with E-state index in [1.165, 1.54) is 54.3 Å². The molecule has 0 saturated heterocycles. The highest BCUT2D eigenvalue weighted by molar-refractivity contribution is 9.10. The normalized spacial score (nSPS) is 30.9. The average molecular weight is 370 g/mol. The van der Waals surface area contributed by atoms with Crippen LogP contribution < -0.4 is 5.32 Å². The van der Waals surface area contributed by atoms with Gasteiger partial charge in [0.2, 0.25) is 0 Å². The first kappa shape index (κ1) is 16.0. The van der Waals surface area contributed by atoms with Crippen LogP contribution in [0.2, 0.25) is 0 Å². The van der Waals surface area contributed by atoms with Gasteiger partial charge in [0.15, 0.2) is 0 Å². The molecule has 2 aliphatic carbocycles. The predicted molar refractivity (Wildman–Crippen MR) is 96.0 cm³/mol. The lowest BCUT2D eigenvalue weighted by atomic mass is 9.66. The van der Waals surface area contributed by atoms with Crippen molar-refractivity contribution in [3.63, 3.8) is 0 Å². The van der Waals surface area contributed by atoms with E-state index < -0.39 is 0 Å². The van der Waals surface area contributed by atoms with Crippen molar-refractivity contribution in [2.45, 2.75) is 64.8 Å². The Labute approximate surface area is 142 Å². The lowest BCUT2D eigenvalue weighted by Crippen LogP contribution is -2.35. The van der Waals surface area contributed by atoms with E-state index in [0.29, 0.717) is 6.04 Å². The van der Waals surface area contributed by atoms with E-state index in [1.807, 2.05) is 11.3 Å². The molecule has 118 valence electrons. The number of thiophene rings is 1. The maximum Gasteiger partial charge on any atom is 0.0443 e. The van der Waals surface area contributed by atoms with E-state index in [2.05, 4.69) is 41.2 Å². The van der Waals surface area contributed by atoms with Gasteiger partial charge in [-0.3, -0.25) is 0 Å². The summed E-state index contributed by atoms with van der Waals surface area (Å²) in [7, 11) is 0. The summed E-state index contributed by atoms with van der Waals surface area (Å²) in [6.07, 6.45) is 10.3. The molecule has 0 aromatic carbocycles. The maximum atomic E-state index is 3.79. The summed E-state index contributed by atoms with van der Waals surface area (Å²) < 4.78 is 1.29. The van der Waals surface area contributed by atoms with Crippen LogP contribution >= 0.6 is 27.3 Å². The highest BCUT2D eigenvalue weighted by Gasteiger charge is 2.36. The van der Waals surface area contributed by atoms with Crippen molar-refractivity contribution in [2.24, 2.45) is 17.8 Å². The summed E-state index contributed by atoms with van der Waals surface area (Å²) in [6.45, 7) is 5.54. The first-order valence-corrected chi connectivity index (χ1v) is 10.3. The van der Waals surface area contributed by atoms with Crippen LogP contribution in [0.5, 0.6) is 0 Å². The van der Waals surface area contributed by atoms with E-state index in [0.717, 1.165) is 24.3 Å². The number of fused-ring (bicyclic) bond motifs is 1. The van der Waals surface area contributed by atoms with E-state index >= 15 is 0 Å². The average Bonchev–Trinajstić information content (AvgIpc) is 2.83. The Hall–Kier alpha value is 0.140. The van der Waals surface area contributed by atoms with Gasteiger partial charge in [0.25, 0.3) is 0 Å². The van der Waals surface area contributed by atoms with Crippen molar-refractivity contribution in [3.05, 3.63) is 20.3 Å². The zero-order valence-corrected chi connectivity index (χ0v) is 15.7. The molecule has 3 heteroatoms. The van der Waals surface area contributed by atoms with Gasteiger partial charge < -0.3 is 5.32 Å². The van der Waals surface area contributed by atoms with Crippen LogP contribution in [-0.2, 0) is 0 Å². The van der Waals surface area contributed by atoms with Gasteiger partial charge in [0.05, 0.1) is 0 Å². The summed E-state index contributed by atoms with van der Waals surface area (Å²) >= 11 is 5.67. The minimum atomic E-state index is 0.577. The molecule has 0 aliphatic heterocycles. The molecule has 2 fully saturated rings. The smallest absolute Gasteiger partial charge is 0.0443 e. The standard InChI is InChI=1S/C18H28BrNS/c1-3-20-18(17-11-16(19)12(2)21-17)15-9-8-13-6-4-5-7-14(13)10-15/h11,13-15,18,20H,3-10H2,1-2H3. The highest BCUT2D eigenvalue weighted by Crippen LogP contribution is 2.47. The molecular formula is C18H28BrNS. The van der Waals surface area contributed by atoms with Gasteiger partial charge in [-0.1, -0.05) is 32.6 Å². The van der Waals surface area contributed by atoms with Crippen molar-refractivity contribution in [1.82, 2.24) is 5.32 Å². The third-order valence-electron chi connectivity index (χ3n) is 5.66. The van der Waals surface area contributed by atoms with Gasteiger partial charge in [0.1, 0.15) is 0 Å². The Kier molecular flexibility index (Phi) is 5.45. The second-order valence-electron chi connectivity index (χ2n) is 6.97. The van der Waals surface area contributed by atoms with Crippen LogP contribution in [-0.4, -0.2) is 6.54 Å². The monoisotopic (exact) mass is 369 g/mol. The van der Waals surface area contributed by atoms with E-state index in [4.69, 9.17) is 0 Å². The van der Waals surface area contributed by atoms with Gasteiger partial charge in [-0.25, -0.2) is 0 Å². The van der Waals surface area contributed by atoms with Gasteiger partial charge >= 0.3 is 0 Å². The van der Waals surface area contributed by atoms with Crippen LogP contribution in [0.4, 0.5) is 0 Å². The molecule has 3 rings (SSSR count). The SMILES string of the molecule is CCNC(c1cc(Br)c(C)s1)C1CCC2CCCCC2C1. The van der Waals surface area contributed by atoms with Crippen LogP contribution in [0.1, 0.15) is 67.7 Å². The summed E-state index contributed by atoms with van der Waals surface area (Å²) in [4.78, 5) is 2.96. The fourth-order valence-electron chi connectivity index (χ4n) is 4.57. The van der Waals surface area contributed by atoms with Crippen LogP contribution in [0.15, 0.2) is 10.5 Å². The predicted octanol–water partition coefficient (Wildman–Crippen LogP) is 6.08. The molecule has 21 heavy (non-hydrogen) atoms. The fraction of sp³-hybridized carbons (Fsp3) is 0.778. The lowest BCUT2D eigenvalue weighted by Gasteiger charge is -2.42. The molecule has 0 bridgehead atoms. The van der Waals surface area contributed by atoms with Crippen molar-refractivity contribution in [1.29, 1.82) is 0 Å². The molecule has 1 aromatic heterocycles. The Balaban J connectivity index is 1.74. The van der Waals surface area contributed by atoms with E-state index in [-0.39, 0.29) is 0 Å². The quantitative estimate of drug-likeness (QED) is 0.678. The van der Waals surface area contributed by atoms with Crippen LogP contribution in [0.3, 0.4) is 0 Å². The Morgan fingerprint density at radius 3 is 2.67 bits per heavy atom. The molecule has 0 radical (unpaired) electrons. The molecule has 0 amide bonds. The van der Waals surface area contributed by atoms with Gasteiger partial charge in [-0.2, -0.15) is 0 Å². The first-order chi connectivity index (χ1) is 10.2. The molecular weight excluding hydrogens is 342 g/mol. The zero-order chi connectivity index (χ0) is 14.8. The molecule has 2 saturated carbocycles. The number of rotatable bonds is 4. The molecule has 0 spiro atoms. The number of nitrogens with one attached hydrogen (secondary N) is 1. The Morgan fingerprint density at radius 1 is 1.24 bits per heavy atom. The first-order valence-electron chi connectivity index (χ1n) is 8.68. The number of halogens is 1. The lowest BCUT2D eigenvalue weighted by molar-refractivity contribution is 0.110. The molecule has 4 atom stereocenters. The summed E-state index contributed by atoms with van der Waals surface area (Å²) in [5.41, 5.74) is 0. The van der Waals surface area contributed by atoms with Crippen LogP contribution in [0, 0.1) is 24.7 Å². The molecule has 4 unspecified atom stereocenters. The van der Waals surface area contributed by atoms with Crippen molar-refractivity contribution in [3.8, 4) is 0 Å². The van der Waals surface area contributed by atoms with Gasteiger partial charge in [-0.15, -0.1) is 11.3 Å². The molecule has 1 N–H and O–H groups in total. The third-order valence-corrected chi connectivity index (χ3v) is 7.88. The summed E-state index contributed by atoms with van der Waals surface area (Å²) in [5.74, 6) is 2.91. The minimum Gasteiger partial charge on any atom is -0.309 e. The largest absolute Gasteiger partial charge is 0.309 e. The van der Waals surface area contributed by atoms with Crippen molar-refractivity contribution < 1.29 is 0 Å². The molecule has 2 aliphatic rings. The molecule has 1 heterocycles. The topological polar surface area (TPSA) is 12.0 Å². The fourth-order valence-corrected chi connectivity index (χ4v) is 6.30. The van der Waals surface area contributed by atoms with E-state index in [9.17, 15) is 0 Å². The van der Waals surface area contributed by atoms with Gasteiger partial charge in [0, 0.05) is 20.3 Å². The second kappa shape index (κ2) is 7.14. The second-order valence-corrected chi connectivity index (χ2v) is 9.11. The summed E-state index contributed by atoms with van der Waals surface area (Å²) in [6, 6.07) is 2.94. The van der Waals surface area contributed by atoms with Crippen LogP contribution in [0.25, 0.3) is 0 Å². The van der Waals surface area contributed by atoms with E-state index in [1.54, 1.807) is 4.88 Å².